The molecule has 12 nitrogen and oxygen atoms in total. The van der Waals surface area contributed by atoms with E-state index in [-0.39, 0.29) is 83.8 Å². The predicted molar refractivity (Wildman–Crippen MR) is 249 cm³/mol. The summed E-state index contributed by atoms with van der Waals surface area (Å²) in [4.78, 5) is 34.6. The molecule has 362 valence electrons. The van der Waals surface area contributed by atoms with Crippen LogP contribution in [0, 0.1) is 18.7 Å². The zero-order chi connectivity index (χ0) is 48.3. The van der Waals surface area contributed by atoms with Crippen LogP contribution in [0.4, 0.5) is 38.4 Å². The topological polar surface area (TPSA) is 106 Å². The van der Waals surface area contributed by atoms with Crippen molar-refractivity contribution < 1.29 is 45.7 Å². The number of pyridine rings is 1. The zero-order valence-corrected chi connectivity index (χ0v) is 39.7. The van der Waals surface area contributed by atoms with Gasteiger partial charge >= 0.3 is 18.3 Å². The number of aromatic nitrogens is 3. The lowest BCUT2D eigenvalue weighted by atomic mass is 9.83. The minimum absolute atomic E-state index is 0.0270. The maximum atomic E-state index is 17.8. The lowest BCUT2D eigenvalue weighted by Gasteiger charge is -2.53. The molecule has 0 spiro atoms. The van der Waals surface area contributed by atoms with Crippen LogP contribution in [-0.4, -0.2) is 108 Å². The van der Waals surface area contributed by atoms with E-state index in [0.717, 1.165) is 17.5 Å². The Balaban J connectivity index is 1.14. The molecule has 9 rings (SSSR count). The summed E-state index contributed by atoms with van der Waals surface area (Å²) in [5, 5.41) is -0.159. The third-order valence-electron chi connectivity index (χ3n) is 13.6. The number of fused-ring (bicyclic) bond motifs is 3. The molecule has 3 aromatic carbocycles. The number of piperidine rings is 1. The van der Waals surface area contributed by atoms with Gasteiger partial charge < -0.3 is 33.6 Å². The number of likely N-dealkylation sites (tertiary alicyclic amines) is 1. The molecule has 68 heavy (non-hydrogen) atoms. The highest BCUT2D eigenvalue weighted by Gasteiger charge is 2.50. The normalized spacial score (nSPS) is 21.6. The maximum absolute atomic E-state index is 17.8. The molecule has 2 unspecified atom stereocenters. The monoisotopic (exact) mass is 963 g/mol. The number of hydrogen-bond donors (Lipinski definition) is 0. The van der Waals surface area contributed by atoms with Crippen LogP contribution in [-0.2, 0) is 24.0 Å². The zero-order valence-electron chi connectivity index (χ0n) is 38.9. The van der Waals surface area contributed by atoms with E-state index in [2.05, 4.69) is 14.9 Å². The largest absolute Gasteiger partial charge is 0.497 e. The van der Waals surface area contributed by atoms with E-state index in [1.165, 1.54) is 19.1 Å². The van der Waals surface area contributed by atoms with Gasteiger partial charge in [0.15, 0.2) is 5.82 Å². The highest BCUT2D eigenvalue weighted by Crippen LogP contribution is 2.47. The number of carbonyl (C=O) groups excluding carboxylic acids is 1. The van der Waals surface area contributed by atoms with E-state index >= 15 is 17.6 Å². The quantitative estimate of drug-likeness (QED) is 0.112. The number of benzene rings is 3. The Kier molecular flexibility index (Phi) is 12.8. The molecule has 18 heteroatoms. The number of methoxy groups -OCH3 is 2. The minimum atomic E-state index is -4.97. The molecule has 4 aliphatic heterocycles. The highest BCUT2D eigenvalue weighted by atomic mass is 35.5. The Morgan fingerprint density at radius 2 is 1.57 bits per heavy atom. The van der Waals surface area contributed by atoms with Gasteiger partial charge in [-0.25, -0.2) is 18.6 Å². The Morgan fingerprint density at radius 3 is 2.18 bits per heavy atom. The van der Waals surface area contributed by atoms with Crippen LogP contribution >= 0.6 is 11.6 Å². The van der Waals surface area contributed by atoms with Crippen LogP contribution in [0.1, 0.15) is 68.7 Å². The van der Waals surface area contributed by atoms with Gasteiger partial charge in [-0.2, -0.15) is 23.1 Å². The first kappa shape index (κ1) is 47.4. The Bertz CT molecular complexity index is 2640. The lowest BCUT2D eigenvalue weighted by molar-refractivity contribution is -0.137. The number of ether oxygens (including phenoxy) is 4. The van der Waals surface area contributed by atoms with Gasteiger partial charge in [0.25, 0.3) is 0 Å². The number of alkyl halides is 4. The van der Waals surface area contributed by atoms with Crippen molar-refractivity contribution in [3.05, 3.63) is 93.8 Å². The summed E-state index contributed by atoms with van der Waals surface area (Å²) < 4.78 is 101. The van der Waals surface area contributed by atoms with Crippen LogP contribution in [0.25, 0.3) is 22.2 Å². The average Bonchev–Trinajstić information content (AvgIpc) is 3.80. The van der Waals surface area contributed by atoms with E-state index in [0.29, 0.717) is 50.5 Å². The molecule has 0 aliphatic carbocycles. The van der Waals surface area contributed by atoms with Crippen molar-refractivity contribution in [2.24, 2.45) is 5.92 Å². The first-order valence-corrected chi connectivity index (χ1v) is 23.3. The summed E-state index contributed by atoms with van der Waals surface area (Å²) in [5.74, 6) is 0.583. The van der Waals surface area contributed by atoms with Crippen LogP contribution < -0.4 is 24.0 Å². The summed E-state index contributed by atoms with van der Waals surface area (Å²) in [6.45, 7) is 9.48. The van der Waals surface area contributed by atoms with Crippen LogP contribution in [0.5, 0.6) is 17.5 Å². The van der Waals surface area contributed by atoms with Crippen molar-refractivity contribution in [3.8, 4) is 28.8 Å². The average molecular weight is 964 g/mol. The van der Waals surface area contributed by atoms with Crippen molar-refractivity contribution >= 4 is 40.2 Å². The van der Waals surface area contributed by atoms with Crippen LogP contribution in [0.15, 0.2) is 60.7 Å². The van der Waals surface area contributed by atoms with E-state index in [4.69, 9.17) is 35.5 Å². The second-order valence-electron chi connectivity index (χ2n) is 19.4. The molecule has 1 amide bonds. The summed E-state index contributed by atoms with van der Waals surface area (Å²) in [6, 6.07) is 17.0. The number of halogens is 6. The number of anilines is 2. The Hall–Kier alpha value is -5.68. The van der Waals surface area contributed by atoms with Crippen LogP contribution in [0.2, 0.25) is 5.02 Å². The fraction of sp³-hybridized carbons (Fsp3) is 0.480. The summed E-state index contributed by atoms with van der Waals surface area (Å²) in [7, 11) is 3.11. The highest BCUT2D eigenvalue weighted by molar-refractivity contribution is 6.34. The second kappa shape index (κ2) is 18.3. The van der Waals surface area contributed by atoms with Gasteiger partial charge in [0.05, 0.1) is 41.6 Å². The number of carbonyl (C=O) groups is 1. The molecule has 6 heterocycles. The molecule has 4 fully saturated rings. The van der Waals surface area contributed by atoms with Gasteiger partial charge in [-0.15, -0.1) is 0 Å². The van der Waals surface area contributed by atoms with Gasteiger partial charge in [-0.05, 0) is 107 Å². The summed E-state index contributed by atoms with van der Waals surface area (Å²) in [6.07, 6.45) is -4.03. The Labute approximate surface area is 397 Å². The molecular weight excluding hydrogens is 909 g/mol. The van der Waals surface area contributed by atoms with Gasteiger partial charge in [0.1, 0.15) is 47.0 Å². The molecule has 4 atom stereocenters. The van der Waals surface area contributed by atoms with Gasteiger partial charge in [-0.1, -0.05) is 35.9 Å². The first-order valence-electron chi connectivity index (χ1n) is 22.9. The van der Waals surface area contributed by atoms with E-state index < -0.39 is 52.2 Å². The molecule has 4 saturated heterocycles. The molecule has 5 aromatic rings. The van der Waals surface area contributed by atoms with Crippen molar-refractivity contribution in [3.63, 3.8) is 0 Å². The number of amides is 1. The third-order valence-corrected chi connectivity index (χ3v) is 13.9. The molecule has 0 saturated carbocycles. The summed E-state index contributed by atoms with van der Waals surface area (Å²) >= 11 is 7.02. The number of hydrogen-bond acceptors (Lipinski definition) is 11. The fourth-order valence-corrected chi connectivity index (χ4v) is 10.7. The molecule has 0 radical (unpaired) electrons. The fourth-order valence-electron chi connectivity index (χ4n) is 10.4. The molecule has 0 N–H and O–H groups in total. The van der Waals surface area contributed by atoms with Gasteiger partial charge in [-0.3, -0.25) is 4.90 Å². The van der Waals surface area contributed by atoms with Crippen molar-refractivity contribution in [2.45, 2.75) is 96.0 Å². The summed E-state index contributed by atoms with van der Waals surface area (Å²) in [5.41, 5.74) is -2.56. The van der Waals surface area contributed by atoms with E-state index in [9.17, 15) is 9.18 Å². The van der Waals surface area contributed by atoms with Gasteiger partial charge in [0.2, 0.25) is 0 Å². The third kappa shape index (κ3) is 9.39. The SMILES string of the molecule is COc1ccc(CN(Cc2ccc(OC)cc2)c2cc(C)c(C(F)(F)F)c(-c3c(Cl)cc4c(N5CCC6C(C5)CN6C(=O)OC(C)(C)C)nc(OC[C@]56CCCN5C[C@H](F)C6)nc4c3F)n2)cc1. The standard InChI is InChI=1S/C50H55ClF5N7O5/c1-29-20-39(61(23-30-8-12-34(65-5)13-9-30)24-31-10-14-35(66-6)15-11-31)57-44(41(29)50(54,55)56)40-37(51)21-36-43(42(40)53)58-46(67-28-49-17-7-18-62(49)27-33(52)22-49)59-45(36)60-19-16-38-32(25-60)26-63(38)47(64)68-48(2,3)4/h8-15,20-21,32-33,38H,7,16-19,22-28H2,1-6H3/t32?,33-,38?,49-/m1/s1. The number of nitrogens with zero attached hydrogens (tertiary/aromatic N) is 7. The number of aryl methyl sites for hydroxylation is 1. The molecular formula is C50H55ClF5N7O5. The Morgan fingerprint density at radius 1 is 0.912 bits per heavy atom. The van der Waals surface area contributed by atoms with E-state index in [1.54, 1.807) is 43.4 Å². The molecule has 2 aromatic heterocycles. The predicted octanol–water partition coefficient (Wildman–Crippen LogP) is 10.4. The van der Waals surface area contributed by atoms with Crippen LogP contribution in [0.3, 0.4) is 0 Å². The van der Waals surface area contributed by atoms with Gasteiger partial charge in [0, 0.05) is 63.0 Å². The van der Waals surface area contributed by atoms with Crippen molar-refractivity contribution in [1.29, 1.82) is 0 Å². The minimum Gasteiger partial charge on any atom is -0.497 e. The first-order chi connectivity index (χ1) is 32.3. The van der Waals surface area contributed by atoms with E-state index in [1.807, 2.05) is 54.8 Å². The maximum Gasteiger partial charge on any atom is 0.418 e. The number of rotatable bonds is 12. The molecule has 0 bridgehead atoms. The lowest BCUT2D eigenvalue weighted by Crippen LogP contribution is -2.65. The van der Waals surface area contributed by atoms with Crippen molar-refractivity contribution in [1.82, 2.24) is 24.8 Å². The second-order valence-corrected chi connectivity index (χ2v) is 19.8. The van der Waals surface area contributed by atoms with Crippen molar-refractivity contribution in [2.75, 3.05) is 63.4 Å². The molecule has 4 aliphatic rings. The smallest absolute Gasteiger partial charge is 0.418 e.